The van der Waals surface area contributed by atoms with E-state index >= 15 is 0 Å². The van der Waals surface area contributed by atoms with Gasteiger partial charge in [-0.05, 0) is 62.2 Å². The largest absolute Gasteiger partial charge is 0.353 e. The highest BCUT2D eigenvalue weighted by Crippen LogP contribution is 2.34. The van der Waals surface area contributed by atoms with Gasteiger partial charge >= 0.3 is 0 Å². The highest BCUT2D eigenvalue weighted by Gasteiger charge is 2.26. The summed E-state index contributed by atoms with van der Waals surface area (Å²) in [6.07, 6.45) is 13.7. The van der Waals surface area contributed by atoms with Crippen LogP contribution in [0.3, 0.4) is 0 Å². The molecule has 21 heavy (non-hydrogen) atoms. The number of carbonyl (C=O) groups excluding carboxylic acids is 1. The first-order chi connectivity index (χ1) is 9.92. The molecule has 1 N–H and O–H groups in total. The van der Waals surface area contributed by atoms with Crippen LogP contribution in [0, 0.1) is 17.3 Å². The third kappa shape index (κ3) is 6.40. The molecule has 0 aliphatic heterocycles. The van der Waals surface area contributed by atoms with Gasteiger partial charge in [0.2, 0.25) is 5.91 Å². The lowest BCUT2D eigenvalue weighted by Gasteiger charge is -2.33. The van der Waals surface area contributed by atoms with Crippen LogP contribution in [0.1, 0.15) is 91.4 Å². The van der Waals surface area contributed by atoms with Gasteiger partial charge in [-0.3, -0.25) is 4.79 Å². The van der Waals surface area contributed by atoms with Crippen molar-refractivity contribution in [1.82, 2.24) is 5.32 Å². The van der Waals surface area contributed by atoms with Gasteiger partial charge in [0.05, 0.1) is 0 Å². The van der Waals surface area contributed by atoms with E-state index in [1.807, 2.05) is 0 Å². The average Bonchev–Trinajstić information content (AvgIpc) is 2.40. The van der Waals surface area contributed by atoms with Crippen molar-refractivity contribution in [3.8, 4) is 0 Å². The molecule has 0 spiro atoms. The van der Waals surface area contributed by atoms with Gasteiger partial charge in [0, 0.05) is 12.5 Å². The van der Waals surface area contributed by atoms with Crippen molar-refractivity contribution in [3.63, 3.8) is 0 Å². The van der Waals surface area contributed by atoms with E-state index in [0.29, 0.717) is 23.3 Å². The Kier molecular flexibility index (Phi) is 6.13. The first kappa shape index (κ1) is 16.8. The van der Waals surface area contributed by atoms with Gasteiger partial charge < -0.3 is 5.32 Å². The van der Waals surface area contributed by atoms with Crippen LogP contribution in [0.4, 0.5) is 0 Å². The van der Waals surface area contributed by atoms with Gasteiger partial charge in [0.1, 0.15) is 0 Å². The molecule has 2 aliphatic rings. The zero-order valence-corrected chi connectivity index (χ0v) is 14.4. The van der Waals surface area contributed by atoms with E-state index in [-0.39, 0.29) is 0 Å². The maximum Gasteiger partial charge on any atom is 0.220 e. The number of nitrogens with one attached hydrogen (secondary N) is 1. The maximum absolute atomic E-state index is 12.2. The topological polar surface area (TPSA) is 29.1 Å². The Morgan fingerprint density at radius 2 is 1.52 bits per heavy atom. The van der Waals surface area contributed by atoms with Crippen molar-refractivity contribution in [1.29, 1.82) is 0 Å². The zero-order valence-electron chi connectivity index (χ0n) is 14.4. The molecule has 1 amide bonds. The lowest BCUT2D eigenvalue weighted by Crippen LogP contribution is -2.38. The van der Waals surface area contributed by atoms with E-state index in [9.17, 15) is 4.79 Å². The van der Waals surface area contributed by atoms with Gasteiger partial charge in [-0.1, -0.05) is 40.0 Å². The number of amides is 1. The summed E-state index contributed by atoms with van der Waals surface area (Å²) in [7, 11) is 0. The molecule has 0 aromatic carbocycles. The predicted octanol–water partition coefficient (Wildman–Crippen LogP) is 5.07. The number of rotatable bonds is 4. The predicted molar refractivity (Wildman–Crippen MR) is 89.2 cm³/mol. The fraction of sp³-hybridized carbons (Fsp3) is 0.947. The molecule has 0 radical (unpaired) electrons. The fourth-order valence-electron chi connectivity index (χ4n) is 4.32. The molecular formula is C19H35NO. The van der Waals surface area contributed by atoms with Gasteiger partial charge in [0.25, 0.3) is 0 Å². The molecule has 2 rings (SSSR count). The minimum absolute atomic E-state index is 0.321. The van der Waals surface area contributed by atoms with Crippen molar-refractivity contribution in [2.75, 3.05) is 0 Å². The van der Waals surface area contributed by atoms with Crippen LogP contribution in [0.15, 0.2) is 0 Å². The molecule has 0 unspecified atom stereocenters. The average molecular weight is 293 g/mol. The van der Waals surface area contributed by atoms with Gasteiger partial charge in [0.15, 0.2) is 0 Å². The summed E-state index contributed by atoms with van der Waals surface area (Å²) in [4.78, 5) is 12.2. The van der Waals surface area contributed by atoms with E-state index in [1.165, 1.54) is 64.2 Å². The van der Waals surface area contributed by atoms with Crippen LogP contribution in [0.25, 0.3) is 0 Å². The van der Waals surface area contributed by atoms with Crippen LogP contribution >= 0.6 is 0 Å². The Bertz CT molecular complexity index is 317. The van der Waals surface area contributed by atoms with E-state index < -0.39 is 0 Å². The van der Waals surface area contributed by atoms with Crippen molar-refractivity contribution in [2.24, 2.45) is 17.3 Å². The highest BCUT2D eigenvalue weighted by molar-refractivity contribution is 5.76. The number of carbonyl (C=O) groups is 1. The Balaban J connectivity index is 1.64. The molecule has 2 saturated carbocycles. The molecule has 2 aliphatic carbocycles. The Morgan fingerprint density at radius 1 is 0.905 bits per heavy atom. The first-order valence-electron chi connectivity index (χ1n) is 9.22. The SMILES string of the molecule is CC(C)(C)CC1CCC(NC(=O)CC2CCCCC2)CC1. The molecular weight excluding hydrogens is 258 g/mol. The minimum Gasteiger partial charge on any atom is -0.353 e. The Hall–Kier alpha value is -0.530. The first-order valence-corrected chi connectivity index (χ1v) is 9.22. The Labute approximate surface area is 131 Å². The monoisotopic (exact) mass is 293 g/mol. The summed E-state index contributed by atoms with van der Waals surface area (Å²) in [5.74, 6) is 1.86. The smallest absolute Gasteiger partial charge is 0.220 e. The lowest BCUT2D eigenvalue weighted by molar-refractivity contribution is -0.123. The summed E-state index contributed by atoms with van der Waals surface area (Å²) < 4.78 is 0. The van der Waals surface area contributed by atoms with Crippen molar-refractivity contribution in [2.45, 2.75) is 97.4 Å². The Morgan fingerprint density at radius 3 is 2.10 bits per heavy atom. The second-order valence-electron chi connectivity index (χ2n) is 8.76. The molecule has 0 saturated heterocycles. The van der Waals surface area contributed by atoms with E-state index in [2.05, 4.69) is 26.1 Å². The second kappa shape index (κ2) is 7.65. The fourth-order valence-corrected chi connectivity index (χ4v) is 4.32. The summed E-state index contributed by atoms with van der Waals surface area (Å²) in [6.45, 7) is 7.01. The summed E-state index contributed by atoms with van der Waals surface area (Å²) in [5.41, 5.74) is 0.446. The minimum atomic E-state index is 0.321. The molecule has 0 aromatic heterocycles. The molecule has 0 aromatic rings. The van der Waals surface area contributed by atoms with Crippen molar-refractivity contribution >= 4 is 5.91 Å². The number of hydrogen-bond donors (Lipinski definition) is 1. The van der Waals surface area contributed by atoms with Gasteiger partial charge in [-0.2, -0.15) is 0 Å². The van der Waals surface area contributed by atoms with Crippen LogP contribution < -0.4 is 5.32 Å². The molecule has 2 fully saturated rings. The maximum atomic E-state index is 12.2. The third-order valence-electron chi connectivity index (χ3n) is 5.31. The summed E-state index contributed by atoms with van der Waals surface area (Å²) in [5, 5.41) is 3.31. The van der Waals surface area contributed by atoms with Crippen LogP contribution in [0.5, 0.6) is 0 Å². The molecule has 0 bridgehead atoms. The summed E-state index contributed by atoms with van der Waals surface area (Å²) in [6, 6.07) is 0.456. The quantitative estimate of drug-likeness (QED) is 0.770. The standard InChI is InChI=1S/C19H35NO/c1-19(2,3)14-16-9-11-17(12-10-16)20-18(21)13-15-7-5-4-6-8-15/h15-17H,4-14H2,1-3H3,(H,20,21). The molecule has 0 atom stereocenters. The lowest BCUT2D eigenvalue weighted by atomic mass is 9.76. The van der Waals surface area contributed by atoms with E-state index in [0.717, 1.165) is 12.3 Å². The van der Waals surface area contributed by atoms with Crippen LogP contribution in [-0.4, -0.2) is 11.9 Å². The summed E-state index contributed by atoms with van der Waals surface area (Å²) >= 11 is 0. The second-order valence-corrected chi connectivity index (χ2v) is 8.76. The number of hydrogen-bond acceptors (Lipinski definition) is 1. The highest BCUT2D eigenvalue weighted by atomic mass is 16.1. The molecule has 2 heteroatoms. The van der Waals surface area contributed by atoms with E-state index in [1.54, 1.807) is 0 Å². The van der Waals surface area contributed by atoms with Crippen LogP contribution in [0.2, 0.25) is 0 Å². The molecule has 122 valence electrons. The van der Waals surface area contributed by atoms with Crippen molar-refractivity contribution < 1.29 is 4.79 Å². The zero-order chi connectivity index (χ0) is 15.3. The molecule has 0 heterocycles. The van der Waals surface area contributed by atoms with E-state index in [4.69, 9.17) is 0 Å². The van der Waals surface area contributed by atoms with Gasteiger partial charge in [-0.15, -0.1) is 0 Å². The van der Waals surface area contributed by atoms with Gasteiger partial charge in [-0.25, -0.2) is 0 Å². The third-order valence-corrected chi connectivity index (χ3v) is 5.31. The van der Waals surface area contributed by atoms with Crippen LogP contribution in [-0.2, 0) is 4.79 Å². The molecule has 2 nitrogen and oxygen atoms in total. The normalized spacial score (nSPS) is 28.3. The van der Waals surface area contributed by atoms with Crippen molar-refractivity contribution in [3.05, 3.63) is 0 Å².